The fourth-order valence-corrected chi connectivity index (χ4v) is 2.06. The van der Waals surface area contributed by atoms with Crippen molar-refractivity contribution >= 4 is 40.5 Å². The van der Waals surface area contributed by atoms with Crippen LogP contribution in [0.5, 0.6) is 0 Å². The number of nitrogens with zero attached hydrogens (tertiary/aromatic N) is 2. The van der Waals surface area contributed by atoms with E-state index in [4.69, 9.17) is 28.9 Å². The highest BCUT2D eigenvalue weighted by Gasteiger charge is 2.09. The lowest BCUT2D eigenvalue weighted by molar-refractivity contribution is 1.06. The van der Waals surface area contributed by atoms with Gasteiger partial charge in [-0.05, 0) is 24.6 Å². The van der Waals surface area contributed by atoms with E-state index in [1.165, 1.54) is 6.33 Å². The van der Waals surface area contributed by atoms with E-state index in [9.17, 15) is 0 Å². The van der Waals surface area contributed by atoms with E-state index < -0.39 is 0 Å². The van der Waals surface area contributed by atoms with Crippen molar-refractivity contribution < 1.29 is 0 Å². The fraction of sp³-hybridized carbons (Fsp3) is 0.167. The number of hydrogen-bond donors (Lipinski definition) is 2. The van der Waals surface area contributed by atoms with E-state index in [2.05, 4.69) is 15.3 Å². The molecular weight excluding hydrogens is 271 g/mol. The van der Waals surface area contributed by atoms with Crippen molar-refractivity contribution in [2.24, 2.45) is 0 Å². The molecule has 0 amide bonds. The summed E-state index contributed by atoms with van der Waals surface area (Å²) >= 11 is 11.9. The molecule has 0 saturated heterocycles. The molecule has 0 aliphatic rings. The number of hydrogen-bond acceptors (Lipinski definition) is 4. The lowest BCUT2D eigenvalue weighted by atomic mass is 10.2. The first kappa shape index (κ1) is 12.9. The molecule has 0 aliphatic carbocycles. The summed E-state index contributed by atoms with van der Waals surface area (Å²) in [5.41, 5.74) is 7.40. The Morgan fingerprint density at radius 1 is 1.28 bits per heavy atom. The number of nitrogens with one attached hydrogen (secondary N) is 1. The second-order valence-electron chi connectivity index (χ2n) is 3.69. The third-order valence-electron chi connectivity index (χ3n) is 2.52. The summed E-state index contributed by atoms with van der Waals surface area (Å²) in [5, 5.41) is 4.25. The smallest absolute Gasteiger partial charge is 0.139 e. The van der Waals surface area contributed by atoms with Gasteiger partial charge in [-0.15, -0.1) is 0 Å². The second kappa shape index (κ2) is 5.42. The Balaban J connectivity index is 2.37. The maximum Gasteiger partial charge on any atom is 0.139 e. The molecule has 94 valence electrons. The van der Waals surface area contributed by atoms with Gasteiger partial charge in [0.1, 0.15) is 18.0 Å². The van der Waals surface area contributed by atoms with Crippen LogP contribution in [0.15, 0.2) is 24.5 Å². The summed E-state index contributed by atoms with van der Waals surface area (Å²) in [4.78, 5) is 8.14. The quantitative estimate of drug-likeness (QED) is 0.902. The van der Waals surface area contributed by atoms with Gasteiger partial charge in [-0.3, -0.25) is 0 Å². The van der Waals surface area contributed by atoms with Gasteiger partial charge in [0.15, 0.2) is 0 Å². The van der Waals surface area contributed by atoms with Gasteiger partial charge in [0.05, 0.1) is 10.7 Å². The minimum absolute atomic E-state index is 0.472. The first-order valence-corrected chi connectivity index (χ1v) is 6.18. The van der Waals surface area contributed by atoms with Crippen LogP contribution in [-0.2, 0) is 6.42 Å². The van der Waals surface area contributed by atoms with Crippen molar-refractivity contribution in [3.63, 3.8) is 0 Å². The maximum atomic E-state index is 6.09. The van der Waals surface area contributed by atoms with Crippen LogP contribution in [0.1, 0.15) is 12.5 Å². The minimum atomic E-state index is 0.472. The molecule has 1 heterocycles. The van der Waals surface area contributed by atoms with E-state index in [1.807, 2.05) is 6.92 Å². The highest BCUT2D eigenvalue weighted by Crippen LogP contribution is 2.29. The zero-order valence-corrected chi connectivity index (χ0v) is 11.3. The van der Waals surface area contributed by atoms with Crippen molar-refractivity contribution in [3.8, 4) is 0 Å². The van der Waals surface area contributed by atoms with Crippen molar-refractivity contribution in [1.82, 2.24) is 9.97 Å². The number of rotatable bonds is 3. The average molecular weight is 283 g/mol. The molecule has 2 rings (SSSR count). The Hall–Kier alpha value is -1.52. The molecule has 0 bridgehead atoms. The van der Waals surface area contributed by atoms with Crippen LogP contribution < -0.4 is 11.1 Å². The van der Waals surface area contributed by atoms with Crippen LogP contribution in [0.3, 0.4) is 0 Å². The minimum Gasteiger partial charge on any atom is -0.383 e. The standard InChI is InChI=1S/C12H12Cl2N4/c1-2-8-11(15)16-6-17-12(8)18-10-4-3-7(13)5-9(10)14/h3-6H,2H2,1H3,(H3,15,16,17,18). The predicted molar refractivity (Wildman–Crippen MR) is 75.6 cm³/mol. The van der Waals surface area contributed by atoms with Crippen molar-refractivity contribution in [3.05, 3.63) is 40.1 Å². The third-order valence-corrected chi connectivity index (χ3v) is 3.06. The fourth-order valence-electron chi connectivity index (χ4n) is 1.60. The van der Waals surface area contributed by atoms with Crippen molar-refractivity contribution in [2.45, 2.75) is 13.3 Å². The largest absolute Gasteiger partial charge is 0.383 e. The van der Waals surface area contributed by atoms with Gasteiger partial charge < -0.3 is 11.1 Å². The number of benzene rings is 1. The Bertz CT molecular complexity index is 572. The maximum absolute atomic E-state index is 6.09. The second-order valence-corrected chi connectivity index (χ2v) is 4.53. The molecule has 0 fully saturated rings. The monoisotopic (exact) mass is 282 g/mol. The molecule has 0 aliphatic heterocycles. The predicted octanol–water partition coefficient (Wildman–Crippen LogP) is 3.67. The summed E-state index contributed by atoms with van der Waals surface area (Å²) in [6.07, 6.45) is 2.15. The van der Waals surface area contributed by atoms with Gasteiger partial charge in [-0.1, -0.05) is 30.1 Å². The highest BCUT2D eigenvalue weighted by molar-refractivity contribution is 6.36. The van der Waals surface area contributed by atoms with Gasteiger partial charge in [0, 0.05) is 10.6 Å². The van der Waals surface area contributed by atoms with Crippen LogP contribution in [0.25, 0.3) is 0 Å². The number of halogens is 2. The van der Waals surface area contributed by atoms with E-state index >= 15 is 0 Å². The summed E-state index contributed by atoms with van der Waals surface area (Å²) in [7, 11) is 0. The number of nitrogen functional groups attached to an aromatic ring is 1. The Labute approximate surface area is 115 Å². The lowest BCUT2D eigenvalue weighted by Crippen LogP contribution is -2.04. The van der Waals surface area contributed by atoms with Crippen molar-refractivity contribution in [2.75, 3.05) is 11.1 Å². The topological polar surface area (TPSA) is 63.8 Å². The van der Waals surface area contributed by atoms with Crippen LogP contribution in [0.2, 0.25) is 10.0 Å². The van der Waals surface area contributed by atoms with E-state index in [0.29, 0.717) is 21.7 Å². The molecule has 18 heavy (non-hydrogen) atoms. The molecular formula is C12H12Cl2N4. The van der Waals surface area contributed by atoms with Gasteiger partial charge in [-0.25, -0.2) is 9.97 Å². The summed E-state index contributed by atoms with van der Waals surface area (Å²) < 4.78 is 0. The molecule has 4 nitrogen and oxygen atoms in total. The number of nitrogens with two attached hydrogens (primary N) is 1. The summed E-state index contributed by atoms with van der Waals surface area (Å²) in [6.45, 7) is 1.99. The molecule has 1 aromatic carbocycles. The normalized spacial score (nSPS) is 10.4. The van der Waals surface area contributed by atoms with Crippen LogP contribution in [-0.4, -0.2) is 9.97 Å². The van der Waals surface area contributed by atoms with E-state index in [-0.39, 0.29) is 0 Å². The Morgan fingerprint density at radius 2 is 2.06 bits per heavy atom. The molecule has 0 atom stereocenters. The van der Waals surface area contributed by atoms with Gasteiger partial charge in [0.2, 0.25) is 0 Å². The average Bonchev–Trinajstić information content (AvgIpc) is 2.33. The van der Waals surface area contributed by atoms with Crippen LogP contribution in [0.4, 0.5) is 17.3 Å². The molecule has 2 aromatic rings. The Kier molecular flexibility index (Phi) is 3.89. The molecule has 0 radical (unpaired) electrons. The SMILES string of the molecule is CCc1c(N)ncnc1Nc1ccc(Cl)cc1Cl. The molecule has 0 saturated carbocycles. The first-order valence-electron chi connectivity index (χ1n) is 5.43. The zero-order valence-electron chi connectivity index (χ0n) is 9.74. The van der Waals surface area contributed by atoms with Gasteiger partial charge in [0.25, 0.3) is 0 Å². The summed E-state index contributed by atoms with van der Waals surface area (Å²) in [6, 6.07) is 5.22. The molecule has 3 N–H and O–H groups in total. The molecule has 6 heteroatoms. The van der Waals surface area contributed by atoms with Gasteiger partial charge in [-0.2, -0.15) is 0 Å². The third kappa shape index (κ3) is 2.66. The molecule has 1 aromatic heterocycles. The van der Waals surface area contributed by atoms with E-state index in [1.54, 1.807) is 18.2 Å². The lowest BCUT2D eigenvalue weighted by Gasteiger charge is -2.12. The number of anilines is 3. The number of aromatic nitrogens is 2. The molecule has 0 unspecified atom stereocenters. The van der Waals surface area contributed by atoms with E-state index in [0.717, 1.165) is 17.7 Å². The van der Waals surface area contributed by atoms with Crippen molar-refractivity contribution in [1.29, 1.82) is 0 Å². The van der Waals surface area contributed by atoms with Gasteiger partial charge >= 0.3 is 0 Å². The summed E-state index contributed by atoms with van der Waals surface area (Å²) in [5.74, 6) is 1.13. The highest BCUT2D eigenvalue weighted by atomic mass is 35.5. The zero-order chi connectivity index (χ0) is 13.1. The first-order chi connectivity index (χ1) is 8.61. The molecule has 0 spiro atoms. The van der Waals surface area contributed by atoms with Crippen LogP contribution in [0, 0.1) is 0 Å². The van der Waals surface area contributed by atoms with Crippen LogP contribution >= 0.6 is 23.2 Å². The Morgan fingerprint density at radius 3 is 2.72 bits per heavy atom.